The van der Waals surface area contributed by atoms with Gasteiger partial charge in [-0.2, -0.15) is 5.10 Å². The number of aryl methyl sites for hydroxylation is 1. The third-order valence-electron chi connectivity index (χ3n) is 3.05. The number of unbranched alkanes of at least 4 members (excludes halogenated alkanes) is 2. The van der Waals surface area contributed by atoms with Crippen LogP contribution in [0.3, 0.4) is 0 Å². The van der Waals surface area contributed by atoms with Gasteiger partial charge >= 0.3 is 11.9 Å². The summed E-state index contributed by atoms with van der Waals surface area (Å²) in [5.74, 6) is -0.724. The standard InChI is InChI=1S/C16H25N3O4/c1-4-7-8-11-19-14(9-10-18-19)17-12-13(15(20)22-5-2)16(21)23-6-3/h9-10,12,17H,4-8,11H2,1-3H3. The summed E-state index contributed by atoms with van der Waals surface area (Å²) in [6.07, 6.45) is 6.23. The summed E-state index contributed by atoms with van der Waals surface area (Å²) in [4.78, 5) is 23.7. The van der Waals surface area contributed by atoms with Crippen LogP contribution >= 0.6 is 0 Å². The molecule has 23 heavy (non-hydrogen) atoms. The van der Waals surface area contributed by atoms with E-state index in [0.29, 0.717) is 5.82 Å². The zero-order chi connectivity index (χ0) is 17.1. The van der Waals surface area contributed by atoms with E-state index in [0.717, 1.165) is 25.8 Å². The first kappa shape index (κ1) is 18.7. The maximum Gasteiger partial charge on any atom is 0.347 e. The molecule has 0 unspecified atom stereocenters. The zero-order valence-corrected chi connectivity index (χ0v) is 14.0. The van der Waals surface area contributed by atoms with Gasteiger partial charge in [0.05, 0.1) is 19.4 Å². The van der Waals surface area contributed by atoms with E-state index in [9.17, 15) is 9.59 Å². The van der Waals surface area contributed by atoms with Gasteiger partial charge in [-0.3, -0.25) is 0 Å². The molecule has 0 atom stereocenters. The molecule has 0 aliphatic carbocycles. The minimum atomic E-state index is -0.713. The van der Waals surface area contributed by atoms with Crippen molar-refractivity contribution in [2.45, 2.75) is 46.6 Å². The lowest BCUT2D eigenvalue weighted by atomic mass is 10.2. The Bertz CT molecular complexity index is 517. The minimum absolute atomic E-state index is 0.171. The van der Waals surface area contributed by atoms with Crippen LogP contribution in [0.1, 0.15) is 40.0 Å². The van der Waals surface area contributed by atoms with Gasteiger partial charge in [-0.1, -0.05) is 19.8 Å². The quantitative estimate of drug-likeness (QED) is 0.234. The number of ether oxygens (including phenoxy) is 2. The maximum atomic E-state index is 11.9. The van der Waals surface area contributed by atoms with Crippen molar-refractivity contribution in [3.63, 3.8) is 0 Å². The Morgan fingerprint density at radius 3 is 2.39 bits per heavy atom. The van der Waals surface area contributed by atoms with E-state index in [1.165, 1.54) is 6.20 Å². The summed E-state index contributed by atoms with van der Waals surface area (Å²) in [7, 11) is 0. The van der Waals surface area contributed by atoms with Crippen LogP contribution in [0.15, 0.2) is 24.0 Å². The molecular formula is C16H25N3O4. The maximum absolute atomic E-state index is 11.9. The molecule has 1 rings (SSSR count). The second-order valence-corrected chi connectivity index (χ2v) is 4.79. The topological polar surface area (TPSA) is 82.5 Å². The number of esters is 2. The Balaban J connectivity index is 2.82. The van der Waals surface area contributed by atoms with E-state index < -0.39 is 11.9 Å². The highest BCUT2D eigenvalue weighted by Gasteiger charge is 2.21. The van der Waals surface area contributed by atoms with Crippen LogP contribution < -0.4 is 5.32 Å². The molecule has 0 spiro atoms. The third kappa shape index (κ3) is 6.14. The molecule has 0 saturated heterocycles. The van der Waals surface area contributed by atoms with Gasteiger partial charge in [0.2, 0.25) is 0 Å². The van der Waals surface area contributed by atoms with Crippen molar-refractivity contribution in [2.24, 2.45) is 0 Å². The van der Waals surface area contributed by atoms with Gasteiger partial charge in [0.15, 0.2) is 5.57 Å². The van der Waals surface area contributed by atoms with Crippen molar-refractivity contribution < 1.29 is 19.1 Å². The van der Waals surface area contributed by atoms with Crippen molar-refractivity contribution in [3.8, 4) is 0 Å². The predicted molar refractivity (Wildman–Crippen MR) is 86.7 cm³/mol. The Hall–Kier alpha value is -2.31. The van der Waals surface area contributed by atoms with Crippen LogP contribution in [0, 0.1) is 0 Å². The van der Waals surface area contributed by atoms with E-state index in [2.05, 4.69) is 17.3 Å². The number of aromatic nitrogens is 2. The van der Waals surface area contributed by atoms with Gasteiger partial charge in [0.1, 0.15) is 5.82 Å². The van der Waals surface area contributed by atoms with Crippen molar-refractivity contribution in [1.82, 2.24) is 9.78 Å². The monoisotopic (exact) mass is 323 g/mol. The average Bonchev–Trinajstić information content (AvgIpc) is 2.96. The normalized spacial score (nSPS) is 10.0. The van der Waals surface area contributed by atoms with Gasteiger partial charge < -0.3 is 14.8 Å². The fraction of sp³-hybridized carbons (Fsp3) is 0.562. The highest BCUT2D eigenvalue weighted by Crippen LogP contribution is 2.10. The average molecular weight is 323 g/mol. The molecule has 0 aliphatic heterocycles. The largest absolute Gasteiger partial charge is 0.462 e. The molecule has 0 fully saturated rings. The highest BCUT2D eigenvalue weighted by atomic mass is 16.6. The lowest BCUT2D eigenvalue weighted by Gasteiger charge is -2.09. The molecule has 1 N–H and O–H groups in total. The molecule has 0 radical (unpaired) electrons. The first-order valence-electron chi connectivity index (χ1n) is 7.96. The highest BCUT2D eigenvalue weighted by molar-refractivity contribution is 6.14. The number of rotatable bonds is 10. The number of anilines is 1. The lowest BCUT2D eigenvalue weighted by molar-refractivity contribution is -0.146. The van der Waals surface area contributed by atoms with Crippen molar-refractivity contribution in [3.05, 3.63) is 24.0 Å². The first-order chi connectivity index (χ1) is 11.1. The van der Waals surface area contributed by atoms with Gasteiger partial charge in [-0.15, -0.1) is 0 Å². The summed E-state index contributed by atoms with van der Waals surface area (Å²) >= 11 is 0. The summed E-state index contributed by atoms with van der Waals surface area (Å²) in [5, 5.41) is 7.16. The fourth-order valence-electron chi connectivity index (χ4n) is 1.91. The number of nitrogens with one attached hydrogen (secondary N) is 1. The Morgan fingerprint density at radius 1 is 1.17 bits per heavy atom. The minimum Gasteiger partial charge on any atom is -0.462 e. The molecule has 0 aliphatic rings. The van der Waals surface area contributed by atoms with Crippen LogP contribution in [-0.2, 0) is 25.6 Å². The Kier molecular flexibility index (Phi) is 8.49. The van der Waals surface area contributed by atoms with Gasteiger partial charge in [-0.05, 0) is 20.3 Å². The van der Waals surface area contributed by atoms with Crippen molar-refractivity contribution in [2.75, 3.05) is 18.5 Å². The second kappa shape index (κ2) is 10.4. The van der Waals surface area contributed by atoms with E-state index in [1.807, 2.05) is 0 Å². The fourth-order valence-corrected chi connectivity index (χ4v) is 1.91. The van der Waals surface area contributed by atoms with Gasteiger partial charge in [0, 0.05) is 18.8 Å². The van der Waals surface area contributed by atoms with Crippen molar-refractivity contribution >= 4 is 17.8 Å². The molecule has 0 amide bonds. The molecule has 0 bridgehead atoms. The summed E-state index contributed by atoms with van der Waals surface area (Å²) in [6.45, 7) is 6.63. The summed E-state index contributed by atoms with van der Waals surface area (Å²) in [5.41, 5.74) is -0.171. The van der Waals surface area contributed by atoms with Crippen LogP contribution in [0.5, 0.6) is 0 Å². The molecule has 0 saturated carbocycles. The van der Waals surface area contributed by atoms with Crippen LogP contribution in [0.2, 0.25) is 0 Å². The second-order valence-electron chi connectivity index (χ2n) is 4.79. The van der Waals surface area contributed by atoms with Gasteiger partial charge in [-0.25, -0.2) is 14.3 Å². The Labute approximate surface area is 136 Å². The lowest BCUT2D eigenvalue weighted by Crippen LogP contribution is -2.20. The number of carbonyl (C=O) groups excluding carboxylic acids is 2. The van der Waals surface area contributed by atoms with E-state index in [1.54, 1.807) is 30.8 Å². The summed E-state index contributed by atoms with van der Waals surface area (Å²) < 4.78 is 11.6. The zero-order valence-electron chi connectivity index (χ0n) is 14.0. The van der Waals surface area contributed by atoms with Crippen LogP contribution in [0.25, 0.3) is 0 Å². The number of hydrogen-bond acceptors (Lipinski definition) is 6. The molecule has 7 heteroatoms. The van der Waals surface area contributed by atoms with Crippen LogP contribution in [0.4, 0.5) is 5.82 Å². The predicted octanol–water partition coefficient (Wildman–Crippen LogP) is 2.50. The van der Waals surface area contributed by atoms with E-state index in [4.69, 9.17) is 9.47 Å². The van der Waals surface area contributed by atoms with E-state index >= 15 is 0 Å². The smallest absolute Gasteiger partial charge is 0.347 e. The Morgan fingerprint density at radius 2 is 1.83 bits per heavy atom. The molecule has 1 aromatic rings. The number of hydrogen-bond donors (Lipinski definition) is 1. The summed E-state index contributed by atoms with van der Waals surface area (Å²) in [6, 6.07) is 1.77. The van der Waals surface area contributed by atoms with Crippen molar-refractivity contribution in [1.29, 1.82) is 0 Å². The molecular weight excluding hydrogens is 298 g/mol. The molecule has 1 heterocycles. The van der Waals surface area contributed by atoms with E-state index in [-0.39, 0.29) is 18.8 Å². The molecule has 0 aromatic carbocycles. The van der Waals surface area contributed by atoms with Crippen LogP contribution in [-0.4, -0.2) is 34.9 Å². The third-order valence-corrected chi connectivity index (χ3v) is 3.05. The first-order valence-corrected chi connectivity index (χ1v) is 7.96. The van der Waals surface area contributed by atoms with Gasteiger partial charge in [0.25, 0.3) is 0 Å². The SMILES string of the molecule is CCCCCn1nccc1NC=C(C(=O)OCC)C(=O)OCC. The number of carbonyl (C=O) groups is 2. The number of nitrogens with zero attached hydrogens (tertiary/aromatic N) is 2. The molecule has 1 aromatic heterocycles. The molecule has 7 nitrogen and oxygen atoms in total. The molecule has 128 valence electrons.